The van der Waals surface area contributed by atoms with Gasteiger partial charge < -0.3 is 5.32 Å². The predicted octanol–water partition coefficient (Wildman–Crippen LogP) is 5.49. The maximum Gasteiger partial charge on any atom is 0.0453 e. The Morgan fingerprint density at radius 1 is 1.00 bits per heavy atom. The molecule has 2 rings (SSSR count). The minimum absolute atomic E-state index is 0.205. The van der Waals surface area contributed by atoms with Gasteiger partial charge in [0.1, 0.15) is 0 Å². The molecule has 2 heteroatoms. The Bertz CT molecular complexity index is 581. The van der Waals surface area contributed by atoms with Crippen LogP contribution in [0.25, 0.3) is 0 Å². The van der Waals surface area contributed by atoms with Crippen molar-refractivity contribution in [3.8, 4) is 0 Å². The minimum atomic E-state index is 0.205. The zero-order valence-electron chi connectivity index (χ0n) is 13.3. The van der Waals surface area contributed by atoms with Crippen molar-refractivity contribution in [2.45, 2.75) is 45.7 Å². The molecule has 0 radical (unpaired) electrons. The molecule has 1 N–H and O–H groups in total. The van der Waals surface area contributed by atoms with Crippen LogP contribution in [0, 0.1) is 0 Å². The topological polar surface area (TPSA) is 12.0 Å². The van der Waals surface area contributed by atoms with Crippen molar-refractivity contribution in [3.63, 3.8) is 0 Å². The number of nitrogens with one attached hydrogen (secondary N) is 1. The van der Waals surface area contributed by atoms with Crippen LogP contribution in [0.3, 0.4) is 0 Å². The second-order valence-electron chi connectivity index (χ2n) is 6.57. The average molecular weight is 302 g/mol. The Morgan fingerprint density at radius 3 is 2.19 bits per heavy atom. The normalized spacial score (nSPS) is 13.2. The van der Waals surface area contributed by atoms with E-state index in [-0.39, 0.29) is 11.5 Å². The third-order valence-electron chi connectivity index (χ3n) is 3.80. The molecule has 0 fully saturated rings. The molecular formula is C19H24ClN. The number of halogens is 1. The van der Waals surface area contributed by atoms with Crippen molar-refractivity contribution < 1.29 is 0 Å². The average Bonchev–Trinajstić information content (AvgIpc) is 2.45. The van der Waals surface area contributed by atoms with Crippen molar-refractivity contribution in [2.24, 2.45) is 0 Å². The van der Waals surface area contributed by atoms with E-state index in [1.165, 1.54) is 11.1 Å². The van der Waals surface area contributed by atoms with Gasteiger partial charge in [-0.05, 0) is 35.1 Å². The Morgan fingerprint density at radius 2 is 1.62 bits per heavy atom. The highest BCUT2D eigenvalue weighted by molar-refractivity contribution is 6.31. The molecule has 2 aromatic rings. The van der Waals surface area contributed by atoms with E-state index < -0.39 is 0 Å². The SMILES string of the molecule is C[C@@H](NCc1ccc(C(C)(C)C)cc1)c1ccccc1Cl. The van der Waals surface area contributed by atoms with Gasteiger partial charge in [-0.15, -0.1) is 0 Å². The maximum absolute atomic E-state index is 6.23. The van der Waals surface area contributed by atoms with Crippen LogP contribution in [0.2, 0.25) is 5.02 Å². The van der Waals surface area contributed by atoms with Crippen LogP contribution < -0.4 is 5.32 Å². The van der Waals surface area contributed by atoms with Gasteiger partial charge in [0.2, 0.25) is 0 Å². The Balaban J connectivity index is 1.99. The zero-order chi connectivity index (χ0) is 15.5. The largest absolute Gasteiger partial charge is 0.306 e. The fraction of sp³-hybridized carbons (Fsp3) is 0.368. The first-order chi connectivity index (χ1) is 9.88. The molecule has 1 nitrogen and oxygen atoms in total. The van der Waals surface area contributed by atoms with Crippen molar-refractivity contribution >= 4 is 11.6 Å². The lowest BCUT2D eigenvalue weighted by Crippen LogP contribution is -2.18. The van der Waals surface area contributed by atoms with Gasteiger partial charge in [0.15, 0.2) is 0 Å². The summed E-state index contributed by atoms with van der Waals surface area (Å²) in [4.78, 5) is 0. The Labute approximate surface area is 133 Å². The molecule has 112 valence electrons. The molecule has 0 saturated carbocycles. The highest BCUT2D eigenvalue weighted by atomic mass is 35.5. The lowest BCUT2D eigenvalue weighted by molar-refractivity contribution is 0.572. The molecule has 0 aliphatic rings. The third-order valence-corrected chi connectivity index (χ3v) is 4.15. The monoisotopic (exact) mass is 301 g/mol. The standard InChI is InChI=1S/C19H24ClN/c1-14(17-7-5-6-8-18(17)20)21-13-15-9-11-16(12-10-15)19(2,3)4/h5-12,14,21H,13H2,1-4H3/t14-/m1/s1. The highest BCUT2D eigenvalue weighted by Gasteiger charge is 2.13. The van der Waals surface area contributed by atoms with E-state index in [1.54, 1.807) is 0 Å². The first-order valence-electron chi connectivity index (χ1n) is 7.45. The molecule has 21 heavy (non-hydrogen) atoms. The van der Waals surface area contributed by atoms with E-state index in [0.717, 1.165) is 17.1 Å². The first kappa shape index (κ1) is 16.1. The van der Waals surface area contributed by atoms with Gasteiger partial charge in [-0.2, -0.15) is 0 Å². The Hall–Kier alpha value is -1.31. The van der Waals surface area contributed by atoms with Crippen molar-refractivity contribution in [3.05, 3.63) is 70.2 Å². The molecule has 0 aliphatic carbocycles. The zero-order valence-corrected chi connectivity index (χ0v) is 14.0. The fourth-order valence-corrected chi connectivity index (χ4v) is 2.63. The highest BCUT2D eigenvalue weighted by Crippen LogP contribution is 2.24. The summed E-state index contributed by atoms with van der Waals surface area (Å²) < 4.78 is 0. The number of hydrogen-bond donors (Lipinski definition) is 1. The lowest BCUT2D eigenvalue weighted by atomic mass is 9.87. The molecule has 0 unspecified atom stereocenters. The summed E-state index contributed by atoms with van der Waals surface area (Å²) in [5.41, 5.74) is 4.01. The van der Waals surface area contributed by atoms with E-state index >= 15 is 0 Å². The molecule has 0 aromatic heterocycles. The second kappa shape index (κ2) is 6.64. The number of benzene rings is 2. The van der Waals surface area contributed by atoms with E-state index in [0.29, 0.717) is 0 Å². The van der Waals surface area contributed by atoms with Gasteiger partial charge in [-0.3, -0.25) is 0 Å². The quantitative estimate of drug-likeness (QED) is 0.787. The summed E-state index contributed by atoms with van der Waals surface area (Å²) in [6, 6.07) is 17.1. The first-order valence-corrected chi connectivity index (χ1v) is 7.83. The van der Waals surface area contributed by atoms with Gasteiger partial charge in [-0.1, -0.05) is 74.8 Å². The molecule has 0 bridgehead atoms. The molecule has 1 atom stereocenters. The number of rotatable bonds is 4. The van der Waals surface area contributed by atoms with Crippen molar-refractivity contribution in [1.82, 2.24) is 5.32 Å². The summed E-state index contributed by atoms with van der Waals surface area (Å²) in [6.45, 7) is 9.70. The van der Waals surface area contributed by atoms with E-state index in [1.807, 2.05) is 18.2 Å². The van der Waals surface area contributed by atoms with Crippen molar-refractivity contribution in [1.29, 1.82) is 0 Å². The number of hydrogen-bond acceptors (Lipinski definition) is 1. The van der Waals surface area contributed by atoms with E-state index in [9.17, 15) is 0 Å². The van der Waals surface area contributed by atoms with Crippen molar-refractivity contribution in [2.75, 3.05) is 0 Å². The summed E-state index contributed by atoms with van der Waals surface area (Å²) in [7, 11) is 0. The molecule has 2 aromatic carbocycles. The smallest absolute Gasteiger partial charge is 0.0453 e. The van der Waals surface area contributed by atoms with Crippen LogP contribution in [0.4, 0.5) is 0 Å². The van der Waals surface area contributed by atoms with Crippen LogP contribution >= 0.6 is 11.6 Å². The van der Waals surface area contributed by atoms with Crippen LogP contribution in [-0.2, 0) is 12.0 Å². The maximum atomic E-state index is 6.23. The lowest BCUT2D eigenvalue weighted by Gasteiger charge is -2.20. The Kier molecular flexibility index (Phi) is 5.08. The molecule has 0 heterocycles. The summed E-state index contributed by atoms with van der Waals surface area (Å²) in [6.07, 6.45) is 0. The molecule has 0 amide bonds. The summed E-state index contributed by atoms with van der Waals surface area (Å²) >= 11 is 6.23. The second-order valence-corrected chi connectivity index (χ2v) is 6.98. The van der Waals surface area contributed by atoms with Gasteiger partial charge in [0, 0.05) is 17.6 Å². The summed E-state index contributed by atoms with van der Waals surface area (Å²) in [5, 5.41) is 4.35. The van der Waals surface area contributed by atoms with Gasteiger partial charge in [0.25, 0.3) is 0 Å². The van der Waals surface area contributed by atoms with Gasteiger partial charge in [-0.25, -0.2) is 0 Å². The van der Waals surface area contributed by atoms with Gasteiger partial charge >= 0.3 is 0 Å². The minimum Gasteiger partial charge on any atom is -0.306 e. The van der Waals surface area contributed by atoms with Crippen LogP contribution in [0.5, 0.6) is 0 Å². The third kappa shape index (κ3) is 4.33. The van der Waals surface area contributed by atoms with Gasteiger partial charge in [0.05, 0.1) is 0 Å². The fourth-order valence-electron chi connectivity index (χ4n) is 2.33. The molecule has 0 spiro atoms. The molecule has 0 aliphatic heterocycles. The van der Waals surface area contributed by atoms with Crippen LogP contribution in [-0.4, -0.2) is 0 Å². The molecular weight excluding hydrogens is 278 g/mol. The van der Waals surface area contributed by atoms with Crippen LogP contribution in [0.1, 0.15) is 50.4 Å². The van der Waals surface area contributed by atoms with E-state index in [2.05, 4.69) is 63.3 Å². The van der Waals surface area contributed by atoms with Crippen LogP contribution in [0.15, 0.2) is 48.5 Å². The van der Waals surface area contributed by atoms with E-state index in [4.69, 9.17) is 11.6 Å². The predicted molar refractivity (Wildman–Crippen MR) is 91.8 cm³/mol. The summed E-state index contributed by atoms with van der Waals surface area (Å²) in [5.74, 6) is 0. The molecule has 0 saturated heterocycles.